The number of nitrogens with one attached hydrogen (secondary N) is 1. The number of nitrogens with zero attached hydrogens (tertiary/aromatic N) is 4. The molecule has 0 aliphatic carbocycles. The molecule has 0 amide bonds. The van der Waals surface area contributed by atoms with Crippen molar-refractivity contribution in [1.29, 1.82) is 0 Å². The van der Waals surface area contributed by atoms with Crippen molar-refractivity contribution in [1.82, 2.24) is 15.0 Å². The van der Waals surface area contributed by atoms with Gasteiger partial charge in [0.05, 0.1) is 17.7 Å². The number of aromatic nitrogens is 3. The number of nitro groups is 1. The molecule has 0 saturated carbocycles. The summed E-state index contributed by atoms with van der Waals surface area (Å²) < 4.78 is 11.9. The Labute approximate surface area is 179 Å². The van der Waals surface area contributed by atoms with E-state index in [1.807, 2.05) is 6.07 Å². The highest BCUT2D eigenvalue weighted by atomic mass is 79.9. The lowest BCUT2D eigenvalue weighted by molar-refractivity contribution is -0.385. The van der Waals surface area contributed by atoms with Gasteiger partial charge < -0.3 is 14.8 Å². The molecule has 0 atom stereocenters. The van der Waals surface area contributed by atoms with Gasteiger partial charge in [-0.05, 0) is 30.3 Å². The third kappa shape index (κ3) is 3.72. The van der Waals surface area contributed by atoms with E-state index in [0.29, 0.717) is 22.7 Å². The Bertz CT molecular complexity index is 1250. The van der Waals surface area contributed by atoms with Crippen LogP contribution in [0.2, 0.25) is 0 Å². The standard InChI is InChI=1S/C20H14BrN5O4/c1-29-15-7-3-2-6-14(15)25-19-18(26(27)28)20(24-11-23-19)30-16-9-8-13(21)12-5-4-10-22-17(12)16/h2-11H,1H3,(H,23,24,25). The SMILES string of the molecule is COc1ccccc1Nc1ncnc(Oc2ccc(Br)c3cccnc23)c1[N+](=O)[O-]. The number of ether oxygens (including phenoxy) is 2. The summed E-state index contributed by atoms with van der Waals surface area (Å²) in [4.78, 5) is 23.6. The van der Waals surface area contributed by atoms with E-state index in [0.717, 1.165) is 9.86 Å². The number of rotatable bonds is 6. The molecular weight excluding hydrogens is 454 g/mol. The Morgan fingerprint density at radius 3 is 2.67 bits per heavy atom. The molecule has 150 valence electrons. The van der Waals surface area contributed by atoms with Crippen molar-refractivity contribution in [2.75, 3.05) is 12.4 Å². The first kappa shape index (κ1) is 19.5. The van der Waals surface area contributed by atoms with Crippen molar-refractivity contribution >= 4 is 44.0 Å². The molecule has 0 radical (unpaired) electrons. The van der Waals surface area contributed by atoms with Gasteiger partial charge >= 0.3 is 11.6 Å². The Balaban J connectivity index is 1.78. The van der Waals surface area contributed by atoms with Gasteiger partial charge in [0, 0.05) is 16.1 Å². The molecule has 0 saturated heterocycles. The van der Waals surface area contributed by atoms with Gasteiger partial charge in [-0.1, -0.05) is 34.1 Å². The number of halogens is 1. The van der Waals surface area contributed by atoms with Crippen LogP contribution in [0, 0.1) is 10.1 Å². The minimum absolute atomic E-state index is 0.0242. The monoisotopic (exact) mass is 467 g/mol. The van der Waals surface area contributed by atoms with Gasteiger partial charge in [0.2, 0.25) is 5.82 Å². The van der Waals surface area contributed by atoms with E-state index in [2.05, 4.69) is 36.2 Å². The molecule has 4 aromatic rings. The first-order valence-electron chi connectivity index (χ1n) is 8.69. The average molecular weight is 468 g/mol. The number of benzene rings is 2. The van der Waals surface area contributed by atoms with Crippen LogP contribution in [0.1, 0.15) is 0 Å². The fraction of sp³-hybridized carbons (Fsp3) is 0.0500. The molecule has 2 heterocycles. The van der Waals surface area contributed by atoms with Crippen LogP contribution in [0.15, 0.2) is 65.5 Å². The lowest BCUT2D eigenvalue weighted by Crippen LogP contribution is -2.04. The second-order valence-electron chi connectivity index (χ2n) is 6.01. The zero-order valence-electron chi connectivity index (χ0n) is 15.6. The highest BCUT2D eigenvalue weighted by molar-refractivity contribution is 9.10. The summed E-state index contributed by atoms with van der Waals surface area (Å²) in [5.74, 6) is 0.611. The maximum Gasteiger partial charge on any atom is 0.373 e. The van der Waals surface area contributed by atoms with Crippen LogP contribution in [-0.2, 0) is 0 Å². The molecule has 2 aromatic heterocycles. The van der Waals surface area contributed by atoms with Crippen LogP contribution in [0.5, 0.6) is 17.4 Å². The highest BCUT2D eigenvalue weighted by Crippen LogP contribution is 2.39. The molecule has 0 fully saturated rings. The van der Waals surface area contributed by atoms with E-state index >= 15 is 0 Å². The minimum atomic E-state index is -0.596. The molecule has 0 aliphatic rings. The summed E-state index contributed by atoms with van der Waals surface area (Å²) in [6.07, 6.45) is 2.80. The molecule has 30 heavy (non-hydrogen) atoms. The summed E-state index contributed by atoms with van der Waals surface area (Å²) in [5.41, 5.74) is 0.651. The molecule has 9 nitrogen and oxygen atoms in total. The smallest absolute Gasteiger partial charge is 0.373 e. The first-order chi connectivity index (χ1) is 14.6. The van der Waals surface area contributed by atoms with Crippen molar-refractivity contribution in [3.05, 3.63) is 75.6 Å². The zero-order valence-corrected chi connectivity index (χ0v) is 17.2. The van der Waals surface area contributed by atoms with Crippen molar-refractivity contribution < 1.29 is 14.4 Å². The summed E-state index contributed by atoms with van der Waals surface area (Å²) in [7, 11) is 1.51. The fourth-order valence-electron chi connectivity index (χ4n) is 2.87. The topological polar surface area (TPSA) is 112 Å². The van der Waals surface area contributed by atoms with Crippen molar-refractivity contribution in [3.63, 3.8) is 0 Å². The van der Waals surface area contributed by atoms with Crippen LogP contribution >= 0.6 is 15.9 Å². The maximum absolute atomic E-state index is 11.8. The predicted octanol–water partition coefficient (Wildman–Crippen LogP) is 5.24. The Morgan fingerprint density at radius 2 is 1.87 bits per heavy atom. The largest absolute Gasteiger partial charge is 0.495 e. The molecule has 1 N–H and O–H groups in total. The van der Waals surface area contributed by atoms with E-state index in [9.17, 15) is 10.1 Å². The fourth-order valence-corrected chi connectivity index (χ4v) is 3.32. The van der Waals surface area contributed by atoms with Gasteiger partial charge in [-0.2, -0.15) is 4.98 Å². The molecular formula is C20H14BrN5O4. The predicted molar refractivity (Wildman–Crippen MR) is 114 cm³/mol. The van der Waals surface area contributed by atoms with Crippen molar-refractivity contribution in [3.8, 4) is 17.4 Å². The molecule has 2 aromatic carbocycles. The van der Waals surface area contributed by atoms with E-state index < -0.39 is 10.6 Å². The number of pyridine rings is 1. The van der Waals surface area contributed by atoms with Gasteiger partial charge in [-0.25, -0.2) is 4.98 Å². The van der Waals surface area contributed by atoms with Crippen LogP contribution in [0.25, 0.3) is 10.9 Å². The van der Waals surface area contributed by atoms with E-state index in [1.54, 1.807) is 48.7 Å². The van der Waals surface area contributed by atoms with Gasteiger partial charge in [0.25, 0.3) is 0 Å². The molecule has 10 heteroatoms. The quantitative estimate of drug-likeness (QED) is 0.302. The summed E-state index contributed by atoms with van der Waals surface area (Å²) in [6.45, 7) is 0. The Hall–Kier alpha value is -3.79. The maximum atomic E-state index is 11.8. The van der Waals surface area contributed by atoms with Gasteiger partial charge in [0.15, 0.2) is 5.75 Å². The number of fused-ring (bicyclic) bond motifs is 1. The van der Waals surface area contributed by atoms with Crippen molar-refractivity contribution in [2.24, 2.45) is 0 Å². The third-order valence-electron chi connectivity index (χ3n) is 4.22. The van der Waals surface area contributed by atoms with Gasteiger partial charge in [0.1, 0.15) is 17.6 Å². The molecule has 0 spiro atoms. The molecule has 0 unspecified atom stereocenters. The normalized spacial score (nSPS) is 10.6. The van der Waals surface area contributed by atoms with E-state index in [4.69, 9.17) is 9.47 Å². The summed E-state index contributed by atoms with van der Waals surface area (Å²) >= 11 is 3.47. The Morgan fingerprint density at radius 1 is 1.03 bits per heavy atom. The number of hydrogen-bond donors (Lipinski definition) is 1. The minimum Gasteiger partial charge on any atom is -0.495 e. The molecule has 0 aliphatic heterocycles. The summed E-state index contributed by atoms with van der Waals surface area (Å²) in [6, 6.07) is 14.1. The van der Waals surface area contributed by atoms with Gasteiger partial charge in [-0.15, -0.1) is 0 Å². The van der Waals surface area contributed by atoms with E-state index in [-0.39, 0.29) is 11.7 Å². The number of hydrogen-bond acceptors (Lipinski definition) is 8. The second-order valence-corrected chi connectivity index (χ2v) is 6.86. The van der Waals surface area contributed by atoms with Crippen LogP contribution in [0.4, 0.5) is 17.2 Å². The van der Waals surface area contributed by atoms with E-state index in [1.165, 1.54) is 13.4 Å². The molecule has 4 rings (SSSR count). The zero-order chi connectivity index (χ0) is 21.1. The Kier molecular flexibility index (Phi) is 5.40. The van der Waals surface area contributed by atoms with Crippen LogP contribution in [0.3, 0.4) is 0 Å². The lowest BCUT2D eigenvalue weighted by atomic mass is 10.2. The molecule has 0 bridgehead atoms. The number of para-hydroxylation sites is 2. The highest BCUT2D eigenvalue weighted by Gasteiger charge is 2.26. The van der Waals surface area contributed by atoms with Crippen LogP contribution in [-0.4, -0.2) is 27.0 Å². The van der Waals surface area contributed by atoms with Gasteiger partial charge in [-0.3, -0.25) is 15.1 Å². The van der Waals surface area contributed by atoms with Crippen LogP contribution < -0.4 is 14.8 Å². The lowest BCUT2D eigenvalue weighted by Gasteiger charge is -2.12. The van der Waals surface area contributed by atoms with Crippen molar-refractivity contribution in [2.45, 2.75) is 0 Å². The first-order valence-corrected chi connectivity index (χ1v) is 9.48. The average Bonchev–Trinajstić information content (AvgIpc) is 2.76. The number of anilines is 2. The third-order valence-corrected chi connectivity index (χ3v) is 4.91. The summed E-state index contributed by atoms with van der Waals surface area (Å²) in [5, 5.41) is 15.6. The second kappa shape index (κ2) is 8.29. The number of methoxy groups -OCH3 is 1.